The lowest BCUT2D eigenvalue weighted by molar-refractivity contribution is 0.102. The minimum absolute atomic E-state index is 0.172. The van der Waals surface area contributed by atoms with Crippen LogP contribution in [-0.2, 0) is 5.75 Å². The van der Waals surface area contributed by atoms with E-state index in [-0.39, 0.29) is 5.91 Å². The maximum Gasteiger partial charge on any atom is 0.258 e. The Morgan fingerprint density at radius 2 is 1.96 bits per heavy atom. The highest BCUT2D eigenvalue weighted by Crippen LogP contribution is 2.31. The summed E-state index contributed by atoms with van der Waals surface area (Å²) in [6.07, 6.45) is 2.03. The van der Waals surface area contributed by atoms with E-state index in [1.54, 1.807) is 11.8 Å². The number of aromatic nitrogens is 3. The number of hydrogen-bond donors (Lipinski definition) is 1. The van der Waals surface area contributed by atoms with Crippen LogP contribution in [0.25, 0.3) is 0 Å². The standard InChI is InChI=1S/C20H24N4O2S2/c1-5-14(6-2)19-22-23-20(28-19)21-18(25)15-9-7-8-10-17(15)27-11-16-12(3)24-26-13(16)4/h7-10,14H,5-6,11H2,1-4H3,(H,21,23,25). The number of carbonyl (C=O) groups is 1. The molecule has 3 rings (SSSR count). The van der Waals surface area contributed by atoms with E-state index in [9.17, 15) is 4.79 Å². The zero-order valence-electron chi connectivity index (χ0n) is 16.5. The molecule has 28 heavy (non-hydrogen) atoms. The zero-order chi connectivity index (χ0) is 20.1. The van der Waals surface area contributed by atoms with Crippen molar-refractivity contribution in [3.8, 4) is 0 Å². The molecule has 2 aromatic heterocycles. The average Bonchev–Trinajstić information content (AvgIpc) is 3.28. The van der Waals surface area contributed by atoms with Crippen molar-refractivity contribution in [3.63, 3.8) is 0 Å². The third-order valence-electron chi connectivity index (χ3n) is 4.68. The summed E-state index contributed by atoms with van der Waals surface area (Å²) in [7, 11) is 0. The topological polar surface area (TPSA) is 80.9 Å². The molecule has 1 N–H and O–H groups in total. The molecule has 0 radical (unpaired) electrons. The maximum atomic E-state index is 12.8. The van der Waals surface area contributed by atoms with Crippen molar-refractivity contribution in [1.82, 2.24) is 15.4 Å². The Labute approximate surface area is 173 Å². The third-order valence-corrected chi connectivity index (χ3v) is 6.78. The average molecular weight is 417 g/mol. The fourth-order valence-corrected chi connectivity index (χ4v) is 5.10. The molecule has 1 aromatic carbocycles. The second-order valence-electron chi connectivity index (χ2n) is 6.50. The zero-order valence-corrected chi connectivity index (χ0v) is 18.1. The van der Waals surface area contributed by atoms with Gasteiger partial charge < -0.3 is 4.52 Å². The van der Waals surface area contributed by atoms with Gasteiger partial charge in [-0.1, -0.05) is 42.5 Å². The Hall–Kier alpha value is -2.19. The highest BCUT2D eigenvalue weighted by atomic mass is 32.2. The van der Waals surface area contributed by atoms with Crippen LogP contribution in [0.15, 0.2) is 33.7 Å². The van der Waals surface area contributed by atoms with Gasteiger partial charge in [0.15, 0.2) is 0 Å². The highest BCUT2D eigenvalue weighted by molar-refractivity contribution is 7.98. The van der Waals surface area contributed by atoms with E-state index in [1.165, 1.54) is 11.3 Å². The molecule has 0 aliphatic rings. The number of aryl methyl sites for hydroxylation is 2. The molecule has 0 bridgehead atoms. The first-order valence-corrected chi connectivity index (χ1v) is 11.1. The number of carbonyl (C=O) groups excluding carboxylic acids is 1. The predicted molar refractivity (Wildman–Crippen MR) is 113 cm³/mol. The van der Waals surface area contributed by atoms with E-state index >= 15 is 0 Å². The number of benzene rings is 1. The molecule has 0 saturated heterocycles. The number of amides is 1. The number of nitrogens with one attached hydrogen (secondary N) is 1. The van der Waals surface area contributed by atoms with E-state index in [1.807, 2.05) is 38.1 Å². The molecule has 0 saturated carbocycles. The minimum atomic E-state index is -0.172. The van der Waals surface area contributed by atoms with E-state index in [2.05, 4.69) is 34.5 Å². The Morgan fingerprint density at radius 3 is 2.64 bits per heavy atom. The van der Waals surface area contributed by atoms with E-state index in [4.69, 9.17) is 4.52 Å². The number of nitrogens with zero attached hydrogens (tertiary/aromatic N) is 3. The van der Waals surface area contributed by atoms with Crippen LogP contribution in [-0.4, -0.2) is 21.3 Å². The number of anilines is 1. The molecule has 0 unspecified atom stereocenters. The van der Waals surface area contributed by atoms with Crippen LogP contribution < -0.4 is 5.32 Å². The fraction of sp³-hybridized carbons (Fsp3) is 0.400. The van der Waals surface area contributed by atoms with Crippen molar-refractivity contribution in [2.24, 2.45) is 0 Å². The lowest BCUT2D eigenvalue weighted by Crippen LogP contribution is -2.12. The summed E-state index contributed by atoms with van der Waals surface area (Å²) in [4.78, 5) is 13.7. The van der Waals surface area contributed by atoms with Gasteiger partial charge in [-0.05, 0) is 38.8 Å². The normalized spacial score (nSPS) is 11.2. The predicted octanol–water partition coefficient (Wildman–Crippen LogP) is 5.59. The van der Waals surface area contributed by atoms with Crippen molar-refractivity contribution < 1.29 is 9.32 Å². The SMILES string of the molecule is CCC(CC)c1nnc(NC(=O)c2ccccc2SCc2c(C)noc2C)s1. The maximum absolute atomic E-state index is 12.8. The Morgan fingerprint density at radius 1 is 1.21 bits per heavy atom. The van der Waals surface area contributed by atoms with Gasteiger partial charge in [0.25, 0.3) is 5.91 Å². The first kappa shape index (κ1) is 20.5. The molecule has 0 atom stereocenters. The van der Waals surface area contributed by atoms with Crippen molar-refractivity contribution in [1.29, 1.82) is 0 Å². The molecule has 148 valence electrons. The van der Waals surface area contributed by atoms with Crippen LogP contribution >= 0.6 is 23.1 Å². The van der Waals surface area contributed by atoms with Crippen LogP contribution in [0.4, 0.5) is 5.13 Å². The van der Waals surface area contributed by atoms with Crippen molar-refractivity contribution >= 4 is 34.1 Å². The monoisotopic (exact) mass is 416 g/mol. The lowest BCUT2D eigenvalue weighted by Gasteiger charge is -2.08. The smallest absolute Gasteiger partial charge is 0.258 e. The largest absolute Gasteiger partial charge is 0.361 e. The Balaban J connectivity index is 1.72. The van der Waals surface area contributed by atoms with Crippen LogP contribution in [0, 0.1) is 13.8 Å². The summed E-state index contributed by atoms with van der Waals surface area (Å²) >= 11 is 3.05. The molecule has 2 heterocycles. The van der Waals surface area contributed by atoms with Gasteiger partial charge in [0.1, 0.15) is 10.8 Å². The molecule has 3 aromatic rings. The van der Waals surface area contributed by atoms with Crippen molar-refractivity contribution in [2.75, 3.05) is 5.32 Å². The Kier molecular flexibility index (Phi) is 6.85. The van der Waals surface area contributed by atoms with E-state index in [0.717, 1.165) is 39.8 Å². The second-order valence-corrected chi connectivity index (χ2v) is 8.53. The van der Waals surface area contributed by atoms with Crippen LogP contribution in [0.5, 0.6) is 0 Å². The van der Waals surface area contributed by atoms with Crippen molar-refractivity contribution in [2.45, 2.75) is 57.1 Å². The summed E-state index contributed by atoms with van der Waals surface area (Å²) in [6, 6.07) is 7.58. The molecule has 8 heteroatoms. The molecule has 6 nitrogen and oxygen atoms in total. The molecule has 0 fully saturated rings. The van der Waals surface area contributed by atoms with Gasteiger partial charge in [-0.2, -0.15) is 0 Å². The summed E-state index contributed by atoms with van der Waals surface area (Å²) in [5, 5.41) is 16.8. The molecular formula is C20H24N4O2S2. The highest BCUT2D eigenvalue weighted by Gasteiger charge is 2.18. The summed E-state index contributed by atoms with van der Waals surface area (Å²) in [5.41, 5.74) is 2.58. The number of rotatable bonds is 8. The van der Waals surface area contributed by atoms with E-state index in [0.29, 0.717) is 22.4 Å². The van der Waals surface area contributed by atoms with Gasteiger partial charge in [0.2, 0.25) is 5.13 Å². The van der Waals surface area contributed by atoms with Gasteiger partial charge in [0, 0.05) is 22.1 Å². The minimum Gasteiger partial charge on any atom is -0.361 e. The lowest BCUT2D eigenvalue weighted by atomic mass is 10.1. The first-order chi connectivity index (χ1) is 13.5. The second kappa shape index (κ2) is 9.34. The fourth-order valence-electron chi connectivity index (χ4n) is 2.89. The van der Waals surface area contributed by atoms with Gasteiger partial charge >= 0.3 is 0 Å². The first-order valence-electron chi connectivity index (χ1n) is 9.31. The third kappa shape index (κ3) is 4.62. The summed E-state index contributed by atoms with van der Waals surface area (Å²) < 4.78 is 5.22. The van der Waals surface area contributed by atoms with E-state index < -0.39 is 0 Å². The molecule has 0 aliphatic heterocycles. The quantitative estimate of drug-likeness (QED) is 0.482. The van der Waals surface area contributed by atoms with Crippen LogP contribution in [0.3, 0.4) is 0 Å². The Bertz CT molecular complexity index is 928. The molecule has 0 spiro atoms. The van der Waals surface area contributed by atoms with Gasteiger partial charge in [-0.15, -0.1) is 22.0 Å². The summed E-state index contributed by atoms with van der Waals surface area (Å²) in [5.74, 6) is 1.73. The van der Waals surface area contributed by atoms with Gasteiger partial charge in [-0.3, -0.25) is 10.1 Å². The summed E-state index contributed by atoms with van der Waals surface area (Å²) in [6.45, 7) is 8.11. The van der Waals surface area contributed by atoms with Crippen molar-refractivity contribution in [3.05, 3.63) is 51.9 Å². The molecule has 0 aliphatic carbocycles. The van der Waals surface area contributed by atoms with Gasteiger partial charge in [-0.25, -0.2) is 0 Å². The van der Waals surface area contributed by atoms with Crippen LogP contribution in [0.1, 0.15) is 65.0 Å². The van der Waals surface area contributed by atoms with Gasteiger partial charge in [0.05, 0.1) is 11.3 Å². The number of hydrogen-bond acceptors (Lipinski definition) is 7. The molecular weight excluding hydrogens is 392 g/mol. The van der Waals surface area contributed by atoms with Crippen LogP contribution in [0.2, 0.25) is 0 Å². The molecule has 1 amide bonds. The number of thioether (sulfide) groups is 1.